The zero-order valence-corrected chi connectivity index (χ0v) is 13.7. The molecule has 0 aromatic rings. The molecule has 0 aromatic heterocycles. The van der Waals surface area contributed by atoms with Crippen LogP contribution in [0.2, 0.25) is 0 Å². The van der Waals surface area contributed by atoms with Crippen LogP contribution >= 0.6 is 0 Å². The van der Waals surface area contributed by atoms with Crippen molar-refractivity contribution >= 4 is 5.97 Å². The Morgan fingerprint density at radius 2 is 2.05 bits per heavy atom. The van der Waals surface area contributed by atoms with Gasteiger partial charge in [-0.05, 0) is 24.3 Å². The lowest BCUT2D eigenvalue weighted by Gasteiger charge is -2.61. The molecule has 0 bridgehead atoms. The van der Waals surface area contributed by atoms with E-state index in [9.17, 15) is 20.1 Å². The van der Waals surface area contributed by atoms with Gasteiger partial charge in [0.1, 0.15) is 11.7 Å². The van der Waals surface area contributed by atoms with Crippen molar-refractivity contribution in [3.05, 3.63) is 23.3 Å². The van der Waals surface area contributed by atoms with Crippen LogP contribution in [0.5, 0.6) is 0 Å². The number of carbonyl (C=O) groups is 1. The summed E-state index contributed by atoms with van der Waals surface area (Å²) >= 11 is 0. The highest BCUT2D eigenvalue weighted by atomic mass is 16.6. The van der Waals surface area contributed by atoms with Gasteiger partial charge < -0.3 is 20.1 Å². The number of hydrogen-bond acceptors (Lipinski definition) is 5. The van der Waals surface area contributed by atoms with E-state index in [1.54, 1.807) is 12.2 Å². The molecule has 0 spiro atoms. The molecule has 5 nitrogen and oxygen atoms in total. The molecular weight excluding hydrogens is 284 g/mol. The summed E-state index contributed by atoms with van der Waals surface area (Å²) in [4.78, 5) is 11.5. The van der Waals surface area contributed by atoms with E-state index in [1.807, 2.05) is 20.8 Å². The molecule has 0 radical (unpaired) electrons. The van der Waals surface area contributed by atoms with Gasteiger partial charge in [0.2, 0.25) is 0 Å². The Hall–Kier alpha value is -1.17. The quantitative estimate of drug-likeness (QED) is 0.529. The summed E-state index contributed by atoms with van der Waals surface area (Å²) in [5, 5.41) is 31.1. The van der Waals surface area contributed by atoms with Crippen LogP contribution < -0.4 is 0 Å². The maximum absolute atomic E-state index is 11.5. The molecule has 124 valence electrons. The molecule has 3 N–H and O–H groups in total. The third-order valence-electron chi connectivity index (χ3n) is 5.11. The monoisotopic (exact) mass is 310 g/mol. The minimum atomic E-state index is -1.26. The molecule has 1 saturated carbocycles. The van der Waals surface area contributed by atoms with Gasteiger partial charge >= 0.3 is 5.97 Å². The molecule has 0 aromatic carbocycles. The second kappa shape index (κ2) is 5.80. The predicted octanol–water partition coefficient (Wildman–Crippen LogP) is 1.32. The molecule has 1 fully saturated rings. The van der Waals surface area contributed by atoms with Crippen molar-refractivity contribution in [3.63, 3.8) is 0 Å². The maximum Gasteiger partial charge on any atom is 0.303 e. The van der Waals surface area contributed by atoms with Gasteiger partial charge in [-0.3, -0.25) is 4.79 Å². The van der Waals surface area contributed by atoms with Gasteiger partial charge in [0, 0.05) is 19.3 Å². The van der Waals surface area contributed by atoms with Crippen molar-refractivity contribution in [2.24, 2.45) is 11.3 Å². The minimum absolute atomic E-state index is 0.236. The minimum Gasteiger partial charge on any atom is -0.459 e. The number of hydrogen-bond donors (Lipinski definition) is 3. The van der Waals surface area contributed by atoms with Gasteiger partial charge in [-0.25, -0.2) is 0 Å². The first-order valence-corrected chi connectivity index (χ1v) is 7.68. The topological polar surface area (TPSA) is 87.0 Å². The number of esters is 1. The van der Waals surface area contributed by atoms with Gasteiger partial charge in [0.15, 0.2) is 0 Å². The Morgan fingerprint density at radius 3 is 2.55 bits per heavy atom. The van der Waals surface area contributed by atoms with Gasteiger partial charge in [-0.2, -0.15) is 0 Å². The first kappa shape index (κ1) is 17.2. The third-order valence-corrected chi connectivity index (χ3v) is 5.11. The first-order chi connectivity index (χ1) is 10.1. The lowest BCUT2D eigenvalue weighted by molar-refractivity contribution is -0.250. The summed E-state index contributed by atoms with van der Waals surface area (Å²) < 4.78 is 5.43. The van der Waals surface area contributed by atoms with Crippen LogP contribution in [0, 0.1) is 11.3 Å². The Morgan fingerprint density at radius 1 is 1.41 bits per heavy atom. The predicted molar refractivity (Wildman–Crippen MR) is 81.9 cm³/mol. The molecule has 5 heteroatoms. The van der Waals surface area contributed by atoms with E-state index in [-0.39, 0.29) is 12.5 Å². The summed E-state index contributed by atoms with van der Waals surface area (Å²) in [6.07, 6.45) is 2.76. The van der Waals surface area contributed by atoms with E-state index in [2.05, 4.69) is 0 Å². The van der Waals surface area contributed by atoms with E-state index in [0.29, 0.717) is 18.4 Å². The molecule has 0 heterocycles. The fraction of sp³-hybridized carbons (Fsp3) is 0.706. The molecule has 2 rings (SSSR count). The molecule has 2 aliphatic rings. The average Bonchev–Trinajstić information content (AvgIpc) is 2.42. The maximum atomic E-state index is 11.5. The average molecular weight is 310 g/mol. The molecule has 22 heavy (non-hydrogen) atoms. The van der Waals surface area contributed by atoms with Crippen LogP contribution in [0.4, 0.5) is 0 Å². The van der Waals surface area contributed by atoms with Crippen molar-refractivity contribution in [2.75, 3.05) is 6.61 Å². The second-order valence-corrected chi connectivity index (χ2v) is 7.17. The SMILES string of the molecule is CC(=O)O[C@H]1CC(C)=C[C@H](O)C=C(CO)[C@H]2CC(C)(C)[C@]12O. The van der Waals surface area contributed by atoms with Crippen molar-refractivity contribution in [1.29, 1.82) is 0 Å². The van der Waals surface area contributed by atoms with Crippen LogP contribution in [-0.2, 0) is 9.53 Å². The lowest BCUT2D eigenvalue weighted by atomic mass is 9.48. The van der Waals surface area contributed by atoms with Gasteiger partial charge in [0.25, 0.3) is 0 Å². The highest BCUT2D eigenvalue weighted by molar-refractivity contribution is 5.66. The highest BCUT2D eigenvalue weighted by Gasteiger charge is 2.65. The zero-order chi connectivity index (χ0) is 16.7. The van der Waals surface area contributed by atoms with Crippen LogP contribution in [0.1, 0.15) is 40.5 Å². The molecule has 2 aliphatic carbocycles. The van der Waals surface area contributed by atoms with E-state index in [0.717, 1.165) is 5.57 Å². The van der Waals surface area contributed by atoms with Crippen LogP contribution in [0.3, 0.4) is 0 Å². The Labute approximate surface area is 131 Å². The van der Waals surface area contributed by atoms with Gasteiger partial charge in [-0.15, -0.1) is 0 Å². The number of aliphatic hydroxyl groups excluding tert-OH is 2. The number of rotatable bonds is 2. The highest BCUT2D eigenvalue weighted by Crippen LogP contribution is 2.59. The third kappa shape index (κ3) is 2.73. The lowest BCUT2D eigenvalue weighted by Crippen LogP contribution is -2.69. The molecular formula is C17H26O5. The standard InChI is InChI=1S/C17H26O5/c1-10-5-13(20)7-12(9-18)14-8-16(3,4)17(14,21)15(6-10)22-11(2)19/h5,7,13-15,18,20-21H,6,8-9H2,1-4H3/t13-,14+,15-,17+/m0/s1. The Balaban J connectivity index is 2.51. The fourth-order valence-corrected chi connectivity index (χ4v) is 3.93. The number of fused-ring (bicyclic) bond motifs is 1. The van der Waals surface area contributed by atoms with Crippen molar-refractivity contribution in [2.45, 2.75) is 58.3 Å². The molecule has 0 unspecified atom stereocenters. The van der Waals surface area contributed by atoms with E-state index in [1.165, 1.54) is 6.92 Å². The number of carbonyl (C=O) groups excluding carboxylic acids is 1. The Kier molecular flexibility index (Phi) is 4.53. The van der Waals surface area contributed by atoms with Gasteiger partial charge in [0.05, 0.1) is 12.7 Å². The van der Waals surface area contributed by atoms with Crippen LogP contribution in [-0.4, -0.2) is 45.7 Å². The second-order valence-electron chi connectivity index (χ2n) is 7.17. The normalized spacial score (nSPS) is 37.5. The fourth-order valence-electron chi connectivity index (χ4n) is 3.93. The number of aliphatic hydroxyl groups is 3. The summed E-state index contributed by atoms with van der Waals surface area (Å²) in [6, 6.07) is 0. The molecule has 0 aliphatic heterocycles. The van der Waals surface area contributed by atoms with Crippen LogP contribution in [0.25, 0.3) is 0 Å². The molecule has 0 saturated heterocycles. The van der Waals surface area contributed by atoms with Crippen molar-refractivity contribution in [3.8, 4) is 0 Å². The molecule has 0 amide bonds. The summed E-state index contributed by atoms with van der Waals surface area (Å²) in [7, 11) is 0. The summed E-state index contributed by atoms with van der Waals surface area (Å²) in [6.45, 7) is 6.79. The number of ether oxygens (including phenoxy) is 1. The zero-order valence-electron chi connectivity index (χ0n) is 13.7. The molecule has 4 atom stereocenters. The Bertz CT molecular complexity index is 519. The largest absolute Gasteiger partial charge is 0.459 e. The first-order valence-electron chi connectivity index (χ1n) is 7.68. The van der Waals surface area contributed by atoms with Gasteiger partial charge in [-0.1, -0.05) is 31.6 Å². The van der Waals surface area contributed by atoms with Crippen molar-refractivity contribution in [1.82, 2.24) is 0 Å². The van der Waals surface area contributed by atoms with E-state index < -0.39 is 29.2 Å². The van der Waals surface area contributed by atoms with E-state index in [4.69, 9.17) is 4.74 Å². The summed E-state index contributed by atoms with van der Waals surface area (Å²) in [5.41, 5.74) is -0.268. The van der Waals surface area contributed by atoms with E-state index >= 15 is 0 Å². The smallest absolute Gasteiger partial charge is 0.303 e. The van der Waals surface area contributed by atoms with Crippen molar-refractivity contribution < 1.29 is 24.9 Å². The summed E-state index contributed by atoms with van der Waals surface area (Å²) in [5.74, 6) is -0.771. The van der Waals surface area contributed by atoms with Crippen LogP contribution in [0.15, 0.2) is 23.3 Å².